The van der Waals surface area contributed by atoms with Gasteiger partial charge >= 0.3 is 0 Å². The minimum absolute atomic E-state index is 0.00782. The summed E-state index contributed by atoms with van der Waals surface area (Å²) in [5, 5.41) is 3.01. The number of nitrogens with one attached hydrogen (secondary N) is 1. The first-order chi connectivity index (χ1) is 11.7. The number of pyridine rings is 1. The summed E-state index contributed by atoms with van der Waals surface area (Å²) in [6.07, 6.45) is 11.9. The molecule has 1 atom stereocenters. The lowest BCUT2D eigenvalue weighted by molar-refractivity contribution is -0.129. The second-order valence-electron chi connectivity index (χ2n) is 6.69. The molecule has 1 fully saturated rings. The highest BCUT2D eigenvalue weighted by Crippen LogP contribution is 2.21. The number of hydrogen-bond donors (Lipinski definition) is 1. The highest BCUT2D eigenvalue weighted by Gasteiger charge is 2.34. The first-order valence-electron chi connectivity index (χ1n) is 8.84. The number of carbonyl (C=O) groups excluding carboxylic acids is 2. The fraction of sp³-hybridized carbons (Fsp3) is 0.526. The van der Waals surface area contributed by atoms with Crippen molar-refractivity contribution >= 4 is 11.8 Å². The summed E-state index contributed by atoms with van der Waals surface area (Å²) in [4.78, 5) is 30.3. The Morgan fingerprint density at radius 2 is 2.29 bits per heavy atom. The molecule has 2 heterocycles. The van der Waals surface area contributed by atoms with Crippen LogP contribution in [0.1, 0.15) is 44.1 Å². The van der Waals surface area contributed by atoms with E-state index < -0.39 is 0 Å². The molecule has 1 aliphatic carbocycles. The van der Waals surface area contributed by atoms with Crippen LogP contribution in [0.3, 0.4) is 0 Å². The maximum absolute atomic E-state index is 12.3. The van der Waals surface area contributed by atoms with Gasteiger partial charge in [0.15, 0.2) is 0 Å². The van der Waals surface area contributed by atoms with Gasteiger partial charge in [0.2, 0.25) is 11.8 Å². The quantitative estimate of drug-likeness (QED) is 0.816. The molecule has 24 heavy (non-hydrogen) atoms. The first kappa shape index (κ1) is 16.7. The second-order valence-corrected chi connectivity index (χ2v) is 6.69. The first-order valence-corrected chi connectivity index (χ1v) is 8.84. The van der Waals surface area contributed by atoms with Crippen molar-refractivity contribution in [2.45, 2.75) is 45.1 Å². The SMILES string of the molecule is O=C(NCCC1=CCCCC1)[C@@H]1CC(=O)N(Cc2cccnc2)C1. The van der Waals surface area contributed by atoms with Gasteiger partial charge in [-0.1, -0.05) is 17.7 Å². The molecule has 0 unspecified atom stereocenters. The predicted molar refractivity (Wildman–Crippen MR) is 91.9 cm³/mol. The van der Waals surface area contributed by atoms with Crippen LogP contribution < -0.4 is 5.32 Å². The Labute approximate surface area is 143 Å². The summed E-state index contributed by atoms with van der Waals surface area (Å²) in [5.74, 6) is -0.169. The maximum atomic E-state index is 12.3. The monoisotopic (exact) mass is 327 g/mol. The standard InChI is InChI=1S/C19H25N3O2/c23-18-11-17(14-22(18)13-16-7-4-9-20-12-16)19(24)21-10-8-15-5-2-1-3-6-15/h4-5,7,9,12,17H,1-3,6,8,10-11,13-14H2,(H,21,24)/t17-/m1/s1. The molecule has 5 heteroatoms. The average molecular weight is 327 g/mol. The number of amides is 2. The van der Waals surface area contributed by atoms with E-state index >= 15 is 0 Å². The van der Waals surface area contributed by atoms with E-state index in [9.17, 15) is 9.59 Å². The van der Waals surface area contributed by atoms with E-state index in [0.717, 1.165) is 18.4 Å². The molecule has 2 amide bonds. The molecule has 0 spiro atoms. The molecule has 1 aromatic heterocycles. The molecular formula is C19H25N3O2. The van der Waals surface area contributed by atoms with Crippen molar-refractivity contribution in [1.29, 1.82) is 0 Å². The Kier molecular flexibility index (Phi) is 5.62. The van der Waals surface area contributed by atoms with Crippen LogP contribution in [0, 0.1) is 5.92 Å². The van der Waals surface area contributed by atoms with Gasteiger partial charge in [0.25, 0.3) is 0 Å². The van der Waals surface area contributed by atoms with Crippen LogP contribution in [0.15, 0.2) is 36.2 Å². The van der Waals surface area contributed by atoms with Gasteiger partial charge < -0.3 is 10.2 Å². The van der Waals surface area contributed by atoms with E-state index in [2.05, 4.69) is 16.4 Å². The van der Waals surface area contributed by atoms with E-state index in [1.54, 1.807) is 17.3 Å². The molecule has 0 radical (unpaired) electrons. The Morgan fingerprint density at radius 3 is 3.04 bits per heavy atom. The summed E-state index contributed by atoms with van der Waals surface area (Å²) < 4.78 is 0. The molecule has 0 aromatic carbocycles. The Bertz CT molecular complexity index is 612. The minimum Gasteiger partial charge on any atom is -0.355 e. The molecule has 2 aliphatic rings. The number of likely N-dealkylation sites (tertiary alicyclic amines) is 1. The molecular weight excluding hydrogens is 302 g/mol. The van der Waals surface area contributed by atoms with E-state index in [1.165, 1.54) is 24.8 Å². The van der Waals surface area contributed by atoms with Crippen molar-refractivity contribution in [2.75, 3.05) is 13.1 Å². The van der Waals surface area contributed by atoms with Gasteiger partial charge in [0.05, 0.1) is 5.92 Å². The van der Waals surface area contributed by atoms with Crippen LogP contribution in [0.4, 0.5) is 0 Å². The largest absolute Gasteiger partial charge is 0.355 e. The van der Waals surface area contributed by atoms with Gasteiger partial charge in [-0.3, -0.25) is 14.6 Å². The summed E-state index contributed by atoms with van der Waals surface area (Å²) in [5.41, 5.74) is 2.46. The van der Waals surface area contributed by atoms with Crippen molar-refractivity contribution in [3.8, 4) is 0 Å². The normalized spacial score (nSPS) is 20.8. The summed E-state index contributed by atoms with van der Waals surface area (Å²) in [7, 11) is 0. The molecule has 1 aromatic rings. The van der Waals surface area contributed by atoms with Gasteiger partial charge in [-0.15, -0.1) is 0 Å². The lowest BCUT2D eigenvalue weighted by Gasteiger charge is -2.17. The van der Waals surface area contributed by atoms with E-state index in [-0.39, 0.29) is 17.7 Å². The Balaban J connectivity index is 1.44. The van der Waals surface area contributed by atoms with Gasteiger partial charge in [-0.2, -0.15) is 0 Å². The van der Waals surface area contributed by atoms with Crippen LogP contribution in [-0.4, -0.2) is 34.8 Å². The predicted octanol–water partition coefficient (Wildman–Crippen LogP) is 2.44. The van der Waals surface area contributed by atoms with E-state index in [0.29, 0.717) is 26.1 Å². The summed E-state index contributed by atoms with van der Waals surface area (Å²) in [6, 6.07) is 3.81. The molecule has 0 bridgehead atoms. The molecule has 5 nitrogen and oxygen atoms in total. The average Bonchev–Trinajstić information content (AvgIpc) is 2.97. The van der Waals surface area contributed by atoms with E-state index in [4.69, 9.17) is 0 Å². The lowest BCUT2D eigenvalue weighted by Crippen LogP contribution is -2.33. The number of rotatable bonds is 6. The van der Waals surface area contributed by atoms with Crippen molar-refractivity contribution in [2.24, 2.45) is 5.92 Å². The van der Waals surface area contributed by atoms with Crippen LogP contribution >= 0.6 is 0 Å². The third-order valence-corrected chi connectivity index (χ3v) is 4.81. The van der Waals surface area contributed by atoms with Gasteiger partial charge in [0.1, 0.15) is 0 Å². The molecule has 3 rings (SSSR count). The second kappa shape index (κ2) is 8.08. The lowest BCUT2D eigenvalue weighted by atomic mass is 9.97. The van der Waals surface area contributed by atoms with Crippen molar-refractivity contribution in [3.05, 3.63) is 41.7 Å². The van der Waals surface area contributed by atoms with Crippen molar-refractivity contribution < 1.29 is 9.59 Å². The van der Waals surface area contributed by atoms with Crippen LogP contribution in [0.25, 0.3) is 0 Å². The topological polar surface area (TPSA) is 62.3 Å². The van der Waals surface area contributed by atoms with Crippen LogP contribution in [0.2, 0.25) is 0 Å². The zero-order chi connectivity index (χ0) is 16.8. The van der Waals surface area contributed by atoms with E-state index in [1.807, 2.05) is 12.1 Å². The smallest absolute Gasteiger partial charge is 0.225 e. The molecule has 128 valence electrons. The Morgan fingerprint density at radius 1 is 1.38 bits per heavy atom. The molecule has 1 N–H and O–H groups in total. The minimum atomic E-state index is -0.227. The number of carbonyl (C=O) groups is 2. The Hall–Kier alpha value is -2.17. The van der Waals surface area contributed by atoms with Gasteiger partial charge in [-0.05, 0) is 43.7 Å². The zero-order valence-electron chi connectivity index (χ0n) is 14.0. The summed E-state index contributed by atoms with van der Waals surface area (Å²) >= 11 is 0. The highest BCUT2D eigenvalue weighted by molar-refractivity contribution is 5.89. The molecule has 0 saturated carbocycles. The van der Waals surface area contributed by atoms with Crippen LogP contribution in [0.5, 0.6) is 0 Å². The fourth-order valence-electron chi connectivity index (χ4n) is 3.43. The highest BCUT2D eigenvalue weighted by atomic mass is 16.2. The molecule has 1 aliphatic heterocycles. The van der Waals surface area contributed by atoms with Crippen LogP contribution in [-0.2, 0) is 16.1 Å². The van der Waals surface area contributed by atoms with Gasteiger partial charge in [-0.25, -0.2) is 0 Å². The maximum Gasteiger partial charge on any atom is 0.225 e. The fourth-order valence-corrected chi connectivity index (χ4v) is 3.43. The molecule has 1 saturated heterocycles. The number of allylic oxidation sites excluding steroid dienone is 1. The van der Waals surface area contributed by atoms with Crippen molar-refractivity contribution in [1.82, 2.24) is 15.2 Å². The summed E-state index contributed by atoms with van der Waals surface area (Å²) in [6.45, 7) is 1.71. The third-order valence-electron chi connectivity index (χ3n) is 4.81. The zero-order valence-corrected chi connectivity index (χ0v) is 14.0. The third kappa shape index (κ3) is 4.43. The van der Waals surface area contributed by atoms with Crippen molar-refractivity contribution in [3.63, 3.8) is 0 Å². The number of nitrogens with zero attached hydrogens (tertiary/aromatic N) is 2. The number of aromatic nitrogens is 1. The van der Waals surface area contributed by atoms with Gasteiger partial charge in [0, 0.05) is 38.4 Å². The number of hydrogen-bond acceptors (Lipinski definition) is 3.